The van der Waals surface area contributed by atoms with Crippen molar-refractivity contribution in [3.63, 3.8) is 0 Å². The van der Waals surface area contributed by atoms with Crippen LogP contribution in [0.15, 0.2) is 71.3 Å². The SMILES string of the molecule is Cc1cccc(C2C(C(=O)c3cccs3)=C(O)C(=O)N2c2cc(Cl)cc(Cl)c2)c1. The maximum absolute atomic E-state index is 13.2. The maximum atomic E-state index is 13.2. The standard InChI is InChI=1S/C22H15Cl2NO3S/c1-12-4-2-5-13(8-12)19-18(20(26)17-6-3-7-29-17)21(27)22(28)25(19)16-10-14(23)9-15(24)11-16/h2-11,19,27H,1H3. The highest BCUT2D eigenvalue weighted by atomic mass is 35.5. The number of amides is 1. The summed E-state index contributed by atoms with van der Waals surface area (Å²) in [5.41, 5.74) is 2.12. The van der Waals surface area contributed by atoms with E-state index in [0.29, 0.717) is 26.2 Å². The van der Waals surface area contributed by atoms with Gasteiger partial charge >= 0.3 is 0 Å². The molecule has 1 amide bonds. The van der Waals surface area contributed by atoms with Crippen molar-refractivity contribution < 1.29 is 14.7 Å². The lowest BCUT2D eigenvalue weighted by atomic mass is 9.94. The lowest BCUT2D eigenvalue weighted by Gasteiger charge is -2.27. The van der Waals surface area contributed by atoms with E-state index in [0.717, 1.165) is 5.56 Å². The molecular formula is C22H15Cl2NO3S. The molecule has 1 aliphatic rings. The highest BCUT2D eigenvalue weighted by Gasteiger charge is 2.45. The second-order valence-electron chi connectivity index (χ2n) is 6.69. The molecular weight excluding hydrogens is 429 g/mol. The van der Waals surface area contributed by atoms with Gasteiger partial charge in [0, 0.05) is 15.7 Å². The Morgan fingerprint density at radius 2 is 1.79 bits per heavy atom. The van der Waals surface area contributed by atoms with Crippen molar-refractivity contribution in [1.82, 2.24) is 0 Å². The molecule has 1 N–H and O–H groups in total. The lowest BCUT2D eigenvalue weighted by molar-refractivity contribution is -0.117. The normalized spacial score (nSPS) is 16.6. The first-order chi connectivity index (χ1) is 13.9. The van der Waals surface area contributed by atoms with Crippen molar-refractivity contribution in [1.29, 1.82) is 0 Å². The second kappa shape index (κ2) is 7.67. The fraction of sp³-hybridized carbons (Fsp3) is 0.0909. The van der Waals surface area contributed by atoms with Gasteiger partial charge in [0.25, 0.3) is 5.91 Å². The summed E-state index contributed by atoms with van der Waals surface area (Å²) in [5.74, 6) is -1.62. The van der Waals surface area contributed by atoms with Gasteiger partial charge in [0.2, 0.25) is 5.78 Å². The van der Waals surface area contributed by atoms with Crippen LogP contribution < -0.4 is 4.90 Å². The third kappa shape index (κ3) is 3.57. The summed E-state index contributed by atoms with van der Waals surface area (Å²) in [6, 6.07) is 14.8. The number of hydrogen-bond acceptors (Lipinski definition) is 4. The van der Waals surface area contributed by atoms with Gasteiger partial charge in [-0.2, -0.15) is 0 Å². The lowest BCUT2D eigenvalue weighted by Crippen LogP contribution is -2.31. The first-order valence-electron chi connectivity index (χ1n) is 8.74. The summed E-state index contributed by atoms with van der Waals surface area (Å²) in [6.45, 7) is 1.92. The number of aliphatic hydroxyl groups is 1. The maximum Gasteiger partial charge on any atom is 0.294 e. The van der Waals surface area contributed by atoms with Crippen molar-refractivity contribution in [2.45, 2.75) is 13.0 Å². The Kier molecular flexibility index (Phi) is 5.21. The fourth-order valence-corrected chi connectivity index (χ4v) is 4.67. The number of nitrogens with zero attached hydrogens (tertiary/aromatic N) is 1. The molecule has 1 aromatic heterocycles. The van der Waals surface area contributed by atoms with Gasteiger partial charge in [0.15, 0.2) is 5.76 Å². The number of carbonyl (C=O) groups is 2. The summed E-state index contributed by atoms with van der Waals surface area (Å²) in [5, 5.41) is 13.2. The number of aliphatic hydroxyl groups excluding tert-OH is 1. The largest absolute Gasteiger partial charge is 0.503 e. The predicted octanol–water partition coefficient (Wildman–Crippen LogP) is 6.15. The molecule has 1 unspecified atom stereocenters. The molecule has 146 valence electrons. The van der Waals surface area contributed by atoms with Crippen LogP contribution in [0.3, 0.4) is 0 Å². The zero-order chi connectivity index (χ0) is 20.7. The first-order valence-corrected chi connectivity index (χ1v) is 10.4. The quantitative estimate of drug-likeness (QED) is 0.492. The van der Waals surface area contributed by atoms with Gasteiger partial charge in [-0.1, -0.05) is 59.1 Å². The van der Waals surface area contributed by atoms with E-state index in [1.54, 1.807) is 35.7 Å². The van der Waals surface area contributed by atoms with Gasteiger partial charge in [-0.25, -0.2) is 0 Å². The minimum atomic E-state index is -0.800. The third-order valence-electron chi connectivity index (χ3n) is 4.68. The van der Waals surface area contributed by atoms with E-state index >= 15 is 0 Å². The van der Waals surface area contributed by atoms with Crippen molar-refractivity contribution >= 4 is 51.9 Å². The Balaban J connectivity index is 1.92. The molecule has 7 heteroatoms. The summed E-state index contributed by atoms with van der Waals surface area (Å²) < 4.78 is 0. The zero-order valence-electron chi connectivity index (χ0n) is 15.2. The van der Waals surface area contributed by atoms with Crippen LogP contribution in [0, 0.1) is 6.92 Å². The van der Waals surface area contributed by atoms with Gasteiger partial charge in [-0.15, -0.1) is 11.3 Å². The Labute approximate surface area is 181 Å². The molecule has 1 atom stereocenters. The molecule has 0 saturated heterocycles. The highest BCUT2D eigenvalue weighted by Crippen LogP contribution is 2.43. The molecule has 1 aliphatic heterocycles. The Morgan fingerprint density at radius 1 is 1.07 bits per heavy atom. The Morgan fingerprint density at radius 3 is 2.41 bits per heavy atom. The number of aryl methyl sites for hydroxylation is 1. The molecule has 3 aromatic rings. The van der Waals surface area contributed by atoms with Crippen LogP contribution in [0.5, 0.6) is 0 Å². The number of thiophene rings is 1. The van der Waals surface area contributed by atoms with E-state index in [4.69, 9.17) is 23.2 Å². The minimum absolute atomic E-state index is 0.0409. The van der Waals surface area contributed by atoms with Gasteiger partial charge in [-0.3, -0.25) is 14.5 Å². The summed E-state index contributed by atoms with van der Waals surface area (Å²) >= 11 is 13.6. The van der Waals surface area contributed by atoms with Gasteiger partial charge in [0.05, 0.1) is 16.5 Å². The molecule has 4 rings (SSSR count). The molecule has 0 fully saturated rings. The molecule has 4 nitrogen and oxygen atoms in total. The van der Waals surface area contributed by atoms with E-state index in [2.05, 4.69) is 0 Å². The second-order valence-corrected chi connectivity index (χ2v) is 8.51. The summed E-state index contributed by atoms with van der Waals surface area (Å²) in [4.78, 5) is 28.1. The van der Waals surface area contributed by atoms with E-state index in [-0.39, 0.29) is 11.4 Å². The van der Waals surface area contributed by atoms with Gasteiger partial charge in [0.1, 0.15) is 0 Å². The number of carbonyl (C=O) groups excluding carboxylic acids is 2. The van der Waals surface area contributed by atoms with Gasteiger partial charge < -0.3 is 5.11 Å². The molecule has 2 aromatic carbocycles. The topological polar surface area (TPSA) is 57.6 Å². The average Bonchev–Trinajstić information content (AvgIpc) is 3.28. The smallest absolute Gasteiger partial charge is 0.294 e. The molecule has 2 heterocycles. The molecule has 29 heavy (non-hydrogen) atoms. The molecule has 0 bridgehead atoms. The summed E-state index contributed by atoms with van der Waals surface area (Å²) in [7, 11) is 0. The monoisotopic (exact) mass is 443 g/mol. The van der Waals surface area contributed by atoms with Crippen LogP contribution >= 0.6 is 34.5 Å². The number of hydrogen-bond donors (Lipinski definition) is 1. The Bertz CT molecular complexity index is 1130. The van der Waals surface area contributed by atoms with E-state index < -0.39 is 17.7 Å². The van der Waals surface area contributed by atoms with Crippen molar-refractivity contribution in [2.24, 2.45) is 0 Å². The number of Topliss-reactive ketones (excluding diaryl/α,β-unsaturated/α-hetero) is 1. The van der Waals surface area contributed by atoms with E-state index in [1.165, 1.54) is 16.2 Å². The third-order valence-corrected chi connectivity index (χ3v) is 5.99. The molecule has 0 radical (unpaired) electrons. The molecule has 0 saturated carbocycles. The first kappa shape index (κ1) is 19.7. The van der Waals surface area contributed by atoms with Crippen molar-refractivity contribution in [3.8, 4) is 0 Å². The van der Waals surface area contributed by atoms with Crippen LogP contribution in [0.4, 0.5) is 5.69 Å². The number of anilines is 1. The van der Waals surface area contributed by atoms with Crippen molar-refractivity contribution in [2.75, 3.05) is 4.90 Å². The summed E-state index contributed by atoms with van der Waals surface area (Å²) in [6.07, 6.45) is 0. The van der Waals surface area contributed by atoms with Crippen LogP contribution in [-0.2, 0) is 4.79 Å². The highest BCUT2D eigenvalue weighted by molar-refractivity contribution is 7.12. The number of halogens is 2. The number of ketones is 1. The van der Waals surface area contributed by atoms with Crippen molar-refractivity contribution in [3.05, 3.63) is 97.4 Å². The molecule has 0 aliphatic carbocycles. The number of benzene rings is 2. The van der Waals surface area contributed by atoms with Crippen LogP contribution in [0.25, 0.3) is 0 Å². The van der Waals surface area contributed by atoms with E-state index in [9.17, 15) is 14.7 Å². The fourth-order valence-electron chi connectivity index (χ4n) is 3.48. The van der Waals surface area contributed by atoms with E-state index in [1.807, 2.05) is 31.2 Å². The zero-order valence-corrected chi connectivity index (χ0v) is 17.6. The van der Waals surface area contributed by atoms with Crippen LogP contribution in [0.2, 0.25) is 10.0 Å². The predicted molar refractivity (Wildman–Crippen MR) is 116 cm³/mol. The van der Waals surface area contributed by atoms with Crippen LogP contribution in [-0.4, -0.2) is 16.8 Å². The minimum Gasteiger partial charge on any atom is -0.503 e. The average molecular weight is 444 g/mol. The van der Waals surface area contributed by atoms with Gasteiger partial charge in [-0.05, 0) is 42.1 Å². The molecule has 0 spiro atoms. The Hall–Kier alpha value is -2.60. The van der Waals surface area contributed by atoms with Crippen LogP contribution in [0.1, 0.15) is 26.8 Å². The number of rotatable bonds is 4.